The highest BCUT2D eigenvalue weighted by Crippen LogP contribution is 2.29. The van der Waals surface area contributed by atoms with E-state index in [1.807, 2.05) is 12.1 Å². The average molecular weight is 478 g/mol. The molecule has 3 aromatic rings. The molecule has 0 radical (unpaired) electrons. The van der Waals surface area contributed by atoms with Crippen molar-refractivity contribution in [3.8, 4) is 17.2 Å². The van der Waals surface area contributed by atoms with Crippen molar-refractivity contribution in [1.82, 2.24) is 9.97 Å². The van der Waals surface area contributed by atoms with E-state index in [-0.39, 0.29) is 10.7 Å². The number of nitrogens with zero attached hydrogens (tertiary/aromatic N) is 2. The summed E-state index contributed by atoms with van der Waals surface area (Å²) in [5.41, 5.74) is 0.883. The highest BCUT2D eigenvalue weighted by atomic mass is 35.5. The highest BCUT2D eigenvalue weighted by molar-refractivity contribution is 7.99. The summed E-state index contributed by atoms with van der Waals surface area (Å²) in [5.74, 6) is 2.19. The van der Waals surface area contributed by atoms with Crippen LogP contribution in [0, 0.1) is 10.1 Å². The van der Waals surface area contributed by atoms with E-state index in [1.165, 1.54) is 36.0 Å². The molecule has 3 rings (SSSR count). The zero-order chi connectivity index (χ0) is 23.1. The van der Waals surface area contributed by atoms with Gasteiger partial charge in [-0.25, -0.2) is 4.98 Å². The number of nitro benzene ring substituents is 1. The van der Waals surface area contributed by atoms with Crippen LogP contribution in [0.5, 0.6) is 17.2 Å². The van der Waals surface area contributed by atoms with Crippen LogP contribution < -0.4 is 19.8 Å². The average Bonchev–Trinajstić information content (AvgIpc) is 2.80. The highest BCUT2D eigenvalue weighted by Gasteiger charge is 2.13. The number of H-pyrrole nitrogens is 1. The summed E-state index contributed by atoms with van der Waals surface area (Å²) in [7, 11) is 3.11. The van der Waals surface area contributed by atoms with Gasteiger partial charge in [-0.05, 0) is 29.8 Å². The predicted octanol–water partition coefficient (Wildman–Crippen LogP) is 4.11. The zero-order valence-electron chi connectivity index (χ0n) is 17.3. The summed E-state index contributed by atoms with van der Waals surface area (Å²) in [5, 5.41) is 11.1. The van der Waals surface area contributed by atoms with E-state index in [0.29, 0.717) is 46.9 Å². The van der Waals surface area contributed by atoms with Gasteiger partial charge in [-0.15, -0.1) is 0 Å². The molecule has 0 fully saturated rings. The summed E-state index contributed by atoms with van der Waals surface area (Å²) in [4.78, 5) is 29.6. The van der Waals surface area contributed by atoms with Crippen LogP contribution in [-0.4, -0.2) is 41.5 Å². The number of aromatic nitrogens is 2. The molecule has 0 atom stereocenters. The van der Waals surface area contributed by atoms with Crippen molar-refractivity contribution in [2.24, 2.45) is 0 Å². The Bertz CT molecular complexity index is 1150. The minimum absolute atomic E-state index is 0.00308. The second-order valence-electron chi connectivity index (χ2n) is 6.45. The monoisotopic (exact) mass is 477 g/mol. The van der Waals surface area contributed by atoms with Crippen molar-refractivity contribution in [3.05, 3.63) is 79.2 Å². The quantitative estimate of drug-likeness (QED) is 0.152. The second kappa shape index (κ2) is 10.9. The van der Waals surface area contributed by atoms with Crippen LogP contribution in [0.3, 0.4) is 0 Å². The van der Waals surface area contributed by atoms with Crippen molar-refractivity contribution in [3.63, 3.8) is 0 Å². The van der Waals surface area contributed by atoms with E-state index in [0.717, 1.165) is 5.56 Å². The van der Waals surface area contributed by atoms with Gasteiger partial charge in [-0.2, -0.15) is 0 Å². The van der Waals surface area contributed by atoms with Crippen LogP contribution in [-0.2, 0) is 6.42 Å². The van der Waals surface area contributed by atoms with Crippen LogP contribution in [0.15, 0.2) is 52.4 Å². The molecule has 0 aliphatic heterocycles. The van der Waals surface area contributed by atoms with Gasteiger partial charge in [0.25, 0.3) is 11.2 Å². The number of hydrogen-bond donors (Lipinski definition) is 1. The molecule has 0 spiro atoms. The van der Waals surface area contributed by atoms with Gasteiger partial charge in [0.15, 0.2) is 16.7 Å². The number of methoxy groups -OCH3 is 2. The van der Waals surface area contributed by atoms with Gasteiger partial charge in [-0.3, -0.25) is 14.9 Å². The van der Waals surface area contributed by atoms with Crippen LogP contribution in [0.1, 0.15) is 11.3 Å². The number of nitro groups is 1. The van der Waals surface area contributed by atoms with E-state index < -0.39 is 10.5 Å². The largest absolute Gasteiger partial charge is 0.493 e. The van der Waals surface area contributed by atoms with Gasteiger partial charge in [0, 0.05) is 24.3 Å². The number of hydrogen-bond acceptors (Lipinski definition) is 8. The number of nitrogens with one attached hydrogen (secondary N) is 1. The summed E-state index contributed by atoms with van der Waals surface area (Å²) < 4.78 is 16.1. The minimum atomic E-state index is -0.470. The minimum Gasteiger partial charge on any atom is -0.493 e. The van der Waals surface area contributed by atoms with Gasteiger partial charge >= 0.3 is 0 Å². The first-order valence-electron chi connectivity index (χ1n) is 9.41. The second-order valence-corrected chi connectivity index (χ2v) is 7.91. The first-order valence-corrected chi connectivity index (χ1v) is 10.8. The molecule has 0 saturated heterocycles. The summed E-state index contributed by atoms with van der Waals surface area (Å²) in [6.45, 7) is 0.319. The third-order valence-corrected chi connectivity index (χ3v) is 5.59. The SMILES string of the molecule is COc1ccc(Cc2nc(SCCOc3ccc([N+](=O)[O-])cc3)[nH]c(=O)c2Cl)cc1OC. The van der Waals surface area contributed by atoms with Crippen molar-refractivity contribution in [2.45, 2.75) is 11.6 Å². The topological polar surface area (TPSA) is 117 Å². The summed E-state index contributed by atoms with van der Waals surface area (Å²) >= 11 is 7.49. The van der Waals surface area contributed by atoms with Crippen LogP contribution in [0.25, 0.3) is 0 Å². The molecule has 0 bridgehead atoms. The van der Waals surface area contributed by atoms with Crippen molar-refractivity contribution < 1.29 is 19.1 Å². The molecule has 0 saturated carbocycles. The molecule has 1 heterocycles. The molecule has 9 nitrogen and oxygen atoms in total. The Morgan fingerprint density at radius 3 is 2.50 bits per heavy atom. The number of non-ortho nitro benzene ring substituents is 1. The first-order chi connectivity index (χ1) is 15.4. The number of halogens is 1. The lowest BCUT2D eigenvalue weighted by Crippen LogP contribution is -2.14. The van der Waals surface area contributed by atoms with Gasteiger partial charge in [0.2, 0.25) is 0 Å². The smallest absolute Gasteiger partial charge is 0.270 e. The lowest BCUT2D eigenvalue weighted by molar-refractivity contribution is -0.384. The van der Waals surface area contributed by atoms with Crippen molar-refractivity contribution in [2.75, 3.05) is 26.6 Å². The van der Waals surface area contributed by atoms with E-state index >= 15 is 0 Å². The Kier molecular flexibility index (Phi) is 7.96. The Morgan fingerprint density at radius 1 is 1.12 bits per heavy atom. The fourth-order valence-corrected chi connectivity index (χ4v) is 3.67. The molecule has 0 unspecified atom stereocenters. The van der Waals surface area contributed by atoms with E-state index in [4.69, 9.17) is 25.8 Å². The van der Waals surface area contributed by atoms with E-state index in [9.17, 15) is 14.9 Å². The normalized spacial score (nSPS) is 10.6. The Morgan fingerprint density at radius 2 is 1.84 bits per heavy atom. The maximum Gasteiger partial charge on any atom is 0.270 e. The Labute approximate surface area is 192 Å². The number of ether oxygens (including phenoxy) is 3. The molecule has 2 aromatic carbocycles. The molecule has 32 heavy (non-hydrogen) atoms. The van der Waals surface area contributed by atoms with Gasteiger partial charge in [0.05, 0.1) is 31.4 Å². The molecule has 0 aliphatic rings. The van der Waals surface area contributed by atoms with Crippen molar-refractivity contribution in [1.29, 1.82) is 0 Å². The molecule has 168 valence electrons. The maximum absolute atomic E-state index is 12.2. The molecule has 0 aliphatic carbocycles. The molecule has 11 heteroatoms. The van der Waals surface area contributed by atoms with Crippen LogP contribution in [0.4, 0.5) is 5.69 Å². The first kappa shape index (κ1) is 23.4. The zero-order valence-corrected chi connectivity index (χ0v) is 18.9. The van der Waals surface area contributed by atoms with E-state index in [2.05, 4.69) is 9.97 Å². The fraction of sp³-hybridized carbons (Fsp3) is 0.238. The van der Waals surface area contributed by atoms with Crippen LogP contribution >= 0.6 is 23.4 Å². The Balaban J connectivity index is 1.63. The molecule has 1 N–H and O–H groups in total. The lowest BCUT2D eigenvalue weighted by atomic mass is 10.1. The van der Waals surface area contributed by atoms with Crippen LogP contribution in [0.2, 0.25) is 5.02 Å². The lowest BCUT2D eigenvalue weighted by Gasteiger charge is -2.10. The van der Waals surface area contributed by atoms with Gasteiger partial charge in [0.1, 0.15) is 10.8 Å². The summed E-state index contributed by atoms with van der Waals surface area (Å²) in [6, 6.07) is 11.3. The third kappa shape index (κ3) is 5.92. The predicted molar refractivity (Wildman–Crippen MR) is 122 cm³/mol. The Hall–Kier alpha value is -3.24. The number of benzene rings is 2. The third-order valence-electron chi connectivity index (χ3n) is 4.37. The van der Waals surface area contributed by atoms with Gasteiger partial charge in [-0.1, -0.05) is 29.4 Å². The fourth-order valence-electron chi connectivity index (χ4n) is 2.81. The molecular weight excluding hydrogens is 458 g/mol. The molecule has 0 amide bonds. The molecule has 1 aromatic heterocycles. The van der Waals surface area contributed by atoms with E-state index in [1.54, 1.807) is 20.3 Å². The number of thioether (sulfide) groups is 1. The van der Waals surface area contributed by atoms with Gasteiger partial charge < -0.3 is 19.2 Å². The van der Waals surface area contributed by atoms with Crippen molar-refractivity contribution >= 4 is 29.1 Å². The standard InChI is InChI=1S/C21H20ClN3O6S/c1-29-17-8-3-13(12-18(17)30-2)11-16-19(22)20(26)24-21(23-16)32-10-9-31-15-6-4-14(5-7-15)25(27)28/h3-8,12H,9-11H2,1-2H3,(H,23,24,26). The maximum atomic E-state index is 12.2. The number of rotatable bonds is 10. The molecular formula is C21H20ClN3O6S. The summed E-state index contributed by atoms with van der Waals surface area (Å²) in [6.07, 6.45) is 0.343. The number of aromatic amines is 1.